The Kier molecular flexibility index (Phi) is 5.47. The second-order valence-electron chi connectivity index (χ2n) is 5.13. The van der Waals surface area contributed by atoms with Gasteiger partial charge in [0, 0.05) is 6.04 Å². The number of aryl methyl sites for hydroxylation is 1. The lowest BCUT2D eigenvalue weighted by atomic mass is 9.98. The summed E-state index contributed by atoms with van der Waals surface area (Å²) in [6, 6.07) is 14.9. The van der Waals surface area contributed by atoms with Crippen molar-refractivity contribution in [3.05, 3.63) is 69.2 Å². The van der Waals surface area contributed by atoms with E-state index in [1.807, 2.05) is 25.2 Å². The second-order valence-corrected chi connectivity index (χ2v) is 5.94. The van der Waals surface area contributed by atoms with Crippen LogP contribution >= 0.6 is 23.2 Å². The minimum Gasteiger partial charge on any atom is -0.316 e. The van der Waals surface area contributed by atoms with E-state index in [9.17, 15) is 0 Å². The smallest absolute Gasteiger partial charge is 0.0595 e. The summed E-state index contributed by atoms with van der Waals surface area (Å²) in [7, 11) is 2.00. The molecule has 0 saturated heterocycles. The molecule has 0 heterocycles. The first kappa shape index (κ1) is 15.4. The molecule has 2 aromatic rings. The van der Waals surface area contributed by atoms with Crippen molar-refractivity contribution in [2.45, 2.75) is 25.8 Å². The van der Waals surface area contributed by atoms with Gasteiger partial charge in [-0.3, -0.25) is 0 Å². The predicted molar refractivity (Wildman–Crippen MR) is 87.9 cm³/mol. The number of halogens is 2. The van der Waals surface area contributed by atoms with E-state index in [4.69, 9.17) is 23.2 Å². The fourth-order valence-corrected chi connectivity index (χ4v) is 2.56. The SMILES string of the molecule is CNC(Cc1ccc(C)cc1)Cc1ccc(Cl)c(Cl)c1. The average molecular weight is 308 g/mol. The molecule has 0 aliphatic heterocycles. The highest BCUT2D eigenvalue weighted by atomic mass is 35.5. The van der Waals surface area contributed by atoms with Gasteiger partial charge in [0.15, 0.2) is 0 Å². The molecule has 1 atom stereocenters. The molecule has 0 aromatic heterocycles. The van der Waals surface area contributed by atoms with Crippen molar-refractivity contribution in [1.82, 2.24) is 5.32 Å². The van der Waals surface area contributed by atoms with Gasteiger partial charge in [-0.25, -0.2) is 0 Å². The molecule has 1 unspecified atom stereocenters. The highest BCUT2D eigenvalue weighted by molar-refractivity contribution is 6.42. The maximum absolute atomic E-state index is 6.07. The summed E-state index contributed by atoms with van der Waals surface area (Å²) in [5.74, 6) is 0. The standard InChI is InChI=1S/C17H19Cl2N/c1-12-3-5-13(6-4-12)9-15(20-2)10-14-7-8-16(18)17(19)11-14/h3-8,11,15,20H,9-10H2,1-2H3. The van der Waals surface area contributed by atoms with Gasteiger partial charge in [0.2, 0.25) is 0 Å². The maximum Gasteiger partial charge on any atom is 0.0595 e. The van der Waals surface area contributed by atoms with Crippen LogP contribution in [0.3, 0.4) is 0 Å². The Labute approximate surface area is 130 Å². The van der Waals surface area contributed by atoms with E-state index >= 15 is 0 Å². The van der Waals surface area contributed by atoms with E-state index in [1.54, 1.807) is 0 Å². The van der Waals surface area contributed by atoms with Gasteiger partial charge in [0.25, 0.3) is 0 Å². The first-order chi connectivity index (χ1) is 9.58. The van der Waals surface area contributed by atoms with Crippen LogP contribution in [0.4, 0.5) is 0 Å². The number of benzene rings is 2. The zero-order valence-corrected chi connectivity index (χ0v) is 13.3. The van der Waals surface area contributed by atoms with Crippen LogP contribution in [0.1, 0.15) is 16.7 Å². The van der Waals surface area contributed by atoms with Crippen LogP contribution in [0.2, 0.25) is 10.0 Å². The average Bonchev–Trinajstić information content (AvgIpc) is 2.44. The molecule has 0 radical (unpaired) electrons. The van der Waals surface area contributed by atoms with Crippen LogP contribution in [0.5, 0.6) is 0 Å². The Balaban J connectivity index is 2.04. The second kappa shape index (κ2) is 7.12. The number of nitrogens with one attached hydrogen (secondary N) is 1. The summed E-state index contributed by atoms with van der Waals surface area (Å²) in [4.78, 5) is 0. The summed E-state index contributed by atoms with van der Waals surface area (Å²) in [6.45, 7) is 2.11. The van der Waals surface area contributed by atoms with Crippen molar-refractivity contribution < 1.29 is 0 Å². The van der Waals surface area contributed by atoms with E-state index in [-0.39, 0.29) is 0 Å². The van der Waals surface area contributed by atoms with Gasteiger partial charge < -0.3 is 5.32 Å². The topological polar surface area (TPSA) is 12.0 Å². The predicted octanol–water partition coefficient (Wildman–Crippen LogP) is 4.68. The van der Waals surface area contributed by atoms with Gasteiger partial charge in [0.1, 0.15) is 0 Å². The Morgan fingerprint density at radius 1 is 0.900 bits per heavy atom. The van der Waals surface area contributed by atoms with Crippen molar-refractivity contribution in [3.8, 4) is 0 Å². The molecule has 0 aliphatic rings. The molecule has 0 bridgehead atoms. The first-order valence-electron chi connectivity index (χ1n) is 6.75. The van der Waals surface area contributed by atoms with Crippen LogP contribution in [0.15, 0.2) is 42.5 Å². The molecule has 0 amide bonds. The lowest BCUT2D eigenvalue weighted by molar-refractivity contribution is 0.556. The quantitative estimate of drug-likeness (QED) is 0.846. The van der Waals surface area contributed by atoms with Gasteiger partial charge in [-0.1, -0.05) is 59.1 Å². The van der Waals surface area contributed by atoms with E-state index < -0.39 is 0 Å². The Bertz CT molecular complexity index is 564. The van der Waals surface area contributed by atoms with Crippen LogP contribution in [0, 0.1) is 6.92 Å². The van der Waals surface area contributed by atoms with Gasteiger partial charge in [-0.15, -0.1) is 0 Å². The van der Waals surface area contributed by atoms with Crippen LogP contribution in [0.25, 0.3) is 0 Å². The number of rotatable bonds is 5. The molecule has 106 valence electrons. The minimum atomic E-state index is 0.384. The number of hydrogen-bond acceptors (Lipinski definition) is 1. The normalized spacial score (nSPS) is 12.4. The maximum atomic E-state index is 6.07. The Hall–Kier alpha value is -1.02. The van der Waals surface area contributed by atoms with E-state index in [0.29, 0.717) is 16.1 Å². The summed E-state index contributed by atoms with van der Waals surface area (Å²) in [5.41, 5.74) is 3.83. The third-order valence-electron chi connectivity index (χ3n) is 3.48. The molecule has 1 nitrogen and oxygen atoms in total. The number of likely N-dealkylation sites (N-methyl/N-ethyl adjacent to an activating group) is 1. The lowest BCUT2D eigenvalue weighted by Crippen LogP contribution is -2.29. The molecule has 20 heavy (non-hydrogen) atoms. The van der Waals surface area contributed by atoms with Crippen LogP contribution < -0.4 is 5.32 Å². The van der Waals surface area contributed by atoms with E-state index in [2.05, 4.69) is 36.5 Å². The van der Waals surface area contributed by atoms with Gasteiger partial charge in [-0.05, 0) is 50.1 Å². The molecule has 0 spiro atoms. The summed E-state index contributed by atoms with van der Waals surface area (Å²) >= 11 is 12.0. The van der Waals surface area contributed by atoms with Crippen molar-refractivity contribution >= 4 is 23.2 Å². The van der Waals surface area contributed by atoms with Gasteiger partial charge in [-0.2, -0.15) is 0 Å². The lowest BCUT2D eigenvalue weighted by Gasteiger charge is -2.17. The van der Waals surface area contributed by atoms with E-state index in [1.165, 1.54) is 16.7 Å². The molecular weight excluding hydrogens is 289 g/mol. The zero-order valence-electron chi connectivity index (χ0n) is 11.8. The molecule has 2 aromatic carbocycles. The van der Waals surface area contributed by atoms with Gasteiger partial charge >= 0.3 is 0 Å². The highest BCUT2D eigenvalue weighted by Crippen LogP contribution is 2.23. The van der Waals surface area contributed by atoms with Crippen LogP contribution in [-0.2, 0) is 12.8 Å². The van der Waals surface area contributed by atoms with Gasteiger partial charge in [0.05, 0.1) is 10.0 Å². The Morgan fingerprint density at radius 2 is 1.50 bits per heavy atom. The molecule has 1 N–H and O–H groups in total. The van der Waals surface area contributed by atoms with E-state index in [0.717, 1.165) is 12.8 Å². The first-order valence-corrected chi connectivity index (χ1v) is 7.51. The molecule has 0 saturated carbocycles. The number of hydrogen-bond donors (Lipinski definition) is 1. The largest absolute Gasteiger partial charge is 0.316 e. The van der Waals surface area contributed by atoms with Crippen molar-refractivity contribution in [1.29, 1.82) is 0 Å². The Morgan fingerprint density at radius 3 is 2.10 bits per heavy atom. The molecule has 0 aliphatic carbocycles. The summed E-state index contributed by atoms with van der Waals surface area (Å²) < 4.78 is 0. The monoisotopic (exact) mass is 307 g/mol. The molecule has 3 heteroatoms. The summed E-state index contributed by atoms with van der Waals surface area (Å²) in [6.07, 6.45) is 1.93. The fraction of sp³-hybridized carbons (Fsp3) is 0.294. The molecular formula is C17H19Cl2N. The third kappa shape index (κ3) is 4.24. The molecule has 2 rings (SSSR count). The van der Waals surface area contributed by atoms with Crippen molar-refractivity contribution in [3.63, 3.8) is 0 Å². The molecule has 0 fully saturated rings. The fourth-order valence-electron chi connectivity index (χ4n) is 2.24. The third-order valence-corrected chi connectivity index (χ3v) is 4.22. The van der Waals surface area contributed by atoms with Crippen molar-refractivity contribution in [2.24, 2.45) is 0 Å². The summed E-state index contributed by atoms with van der Waals surface area (Å²) in [5, 5.41) is 4.60. The highest BCUT2D eigenvalue weighted by Gasteiger charge is 2.09. The van der Waals surface area contributed by atoms with Crippen LogP contribution in [-0.4, -0.2) is 13.1 Å². The minimum absolute atomic E-state index is 0.384. The van der Waals surface area contributed by atoms with Crippen molar-refractivity contribution in [2.75, 3.05) is 7.05 Å². The zero-order chi connectivity index (χ0) is 14.5.